The molecule has 2 N–H and O–H groups in total. The average Bonchev–Trinajstić information content (AvgIpc) is 2.18. The lowest BCUT2D eigenvalue weighted by Gasteiger charge is -2.41. The van der Waals surface area contributed by atoms with E-state index in [2.05, 4.69) is 0 Å². The Labute approximate surface area is 84.1 Å². The lowest BCUT2D eigenvalue weighted by molar-refractivity contribution is -0.152. The Kier molecular flexibility index (Phi) is 2.77. The Morgan fingerprint density at radius 2 is 1.79 bits per heavy atom. The van der Waals surface area contributed by atoms with Gasteiger partial charge in [0, 0.05) is 0 Å². The minimum atomic E-state index is -0.818. The van der Waals surface area contributed by atoms with Crippen molar-refractivity contribution in [3.63, 3.8) is 0 Å². The van der Waals surface area contributed by atoms with E-state index >= 15 is 0 Å². The van der Waals surface area contributed by atoms with Gasteiger partial charge in [-0.1, -0.05) is 19.3 Å². The van der Waals surface area contributed by atoms with Gasteiger partial charge in [-0.25, -0.2) is 0 Å². The number of carbonyl (C=O) groups is 1. The molecule has 2 saturated carbocycles. The number of fused-ring (bicyclic) bond motifs is 1. The van der Waals surface area contributed by atoms with E-state index in [4.69, 9.17) is 5.11 Å². The van der Waals surface area contributed by atoms with Gasteiger partial charge in [0.2, 0.25) is 0 Å². The molecule has 0 heterocycles. The van der Waals surface area contributed by atoms with Crippen LogP contribution in [-0.4, -0.2) is 22.3 Å². The molecule has 2 rings (SSSR count). The highest BCUT2D eigenvalue weighted by molar-refractivity contribution is 5.70. The predicted molar refractivity (Wildman–Crippen MR) is 51.8 cm³/mol. The fourth-order valence-electron chi connectivity index (χ4n) is 3.18. The summed E-state index contributed by atoms with van der Waals surface area (Å²) in [5.41, 5.74) is 0. The second kappa shape index (κ2) is 3.89. The molecular weight excluding hydrogens is 180 g/mol. The van der Waals surface area contributed by atoms with Crippen LogP contribution in [-0.2, 0) is 4.79 Å². The van der Waals surface area contributed by atoms with Gasteiger partial charge in [-0.2, -0.15) is 0 Å². The first-order valence-corrected chi connectivity index (χ1v) is 5.61. The highest BCUT2D eigenvalue weighted by atomic mass is 16.4. The van der Waals surface area contributed by atoms with Crippen molar-refractivity contribution in [2.75, 3.05) is 0 Å². The monoisotopic (exact) mass is 198 g/mol. The van der Waals surface area contributed by atoms with Crippen LogP contribution in [0.25, 0.3) is 0 Å². The first-order valence-electron chi connectivity index (χ1n) is 5.61. The minimum absolute atomic E-state index is 0.263. The molecule has 0 aromatic heterocycles. The molecule has 2 aliphatic rings. The zero-order chi connectivity index (χ0) is 10.1. The van der Waals surface area contributed by atoms with Gasteiger partial charge in [0.15, 0.2) is 0 Å². The number of aliphatic hydroxyl groups is 1. The lowest BCUT2D eigenvalue weighted by Crippen LogP contribution is -2.43. The van der Waals surface area contributed by atoms with Gasteiger partial charge < -0.3 is 10.2 Å². The number of aliphatic carboxylic acids is 1. The summed E-state index contributed by atoms with van der Waals surface area (Å²) in [4.78, 5) is 10.9. The van der Waals surface area contributed by atoms with Crippen LogP contribution >= 0.6 is 0 Å². The number of aliphatic hydroxyl groups excluding tert-OH is 1. The smallest absolute Gasteiger partial charge is 0.309 e. The number of carboxylic acids is 1. The molecule has 3 nitrogen and oxygen atoms in total. The van der Waals surface area contributed by atoms with E-state index in [1.54, 1.807) is 0 Å². The molecule has 0 bridgehead atoms. The summed E-state index contributed by atoms with van der Waals surface area (Å²) in [6, 6.07) is 0. The van der Waals surface area contributed by atoms with Gasteiger partial charge in [0.05, 0.1) is 12.0 Å². The van der Waals surface area contributed by atoms with Crippen molar-refractivity contribution in [3.8, 4) is 0 Å². The summed E-state index contributed by atoms with van der Waals surface area (Å²) in [6.45, 7) is 0. The molecule has 0 aromatic rings. The summed E-state index contributed by atoms with van der Waals surface area (Å²) >= 11 is 0. The van der Waals surface area contributed by atoms with E-state index < -0.39 is 18.0 Å². The minimum Gasteiger partial charge on any atom is -0.481 e. The molecular formula is C11H18O3. The summed E-state index contributed by atoms with van der Waals surface area (Å²) in [5.74, 6) is -0.469. The second-order valence-corrected chi connectivity index (χ2v) is 4.72. The average molecular weight is 198 g/mol. The van der Waals surface area contributed by atoms with E-state index in [1.165, 1.54) is 12.8 Å². The molecule has 0 unspecified atom stereocenters. The Hall–Kier alpha value is -0.570. The zero-order valence-electron chi connectivity index (χ0n) is 8.35. The normalized spacial score (nSPS) is 42.9. The predicted octanol–water partition coefficient (Wildman–Crippen LogP) is 1.65. The molecule has 2 fully saturated rings. The molecule has 0 amide bonds. The van der Waals surface area contributed by atoms with Gasteiger partial charge in [-0.3, -0.25) is 4.79 Å². The van der Waals surface area contributed by atoms with Crippen molar-refractivity contribution in [1.29, 1.82) is 0 Å². The molecule has 0 saturated heterocycles. The van der Waals surface area contributed by atoms with Crippen molar-refractivity contribution in [3.05, 3.63) is 0 Å². The largest absolute Gasteiger partial charge is 0.481 e. The van der Waals surface area contributed by atoms with E-state index in [1.807, 2.05) is 0 Å². The highest BCUT2D eigenvalue weighted by Crippen LogP contribution is 2.42. The maximum absolute atomic E-state index is 10.9. The van der Waals surface area contributed by atoms with E-state index in [-0.39, 0.29) is 5.92 Å². The van der Waals surface area contributed by atoms with Crippen LogP contribution in [0.5, 0.6) is 0 Å². The quantitative estimate of drug-likeness (QED) is 0.673. The zero-order valence-corrected chi connectivity index (χ0v) is 8.35. The number of hydrogen-bond donors (Lipinski definition) is 2. The third kappa shape index (κ3) is 1.65. The van der Waals surface area contributed by atoms with Crippen molar-refractivity contribution < 1.29 is 15.0 Å². The summed E-state index contributed by atoms with van der Waals surface area (Å²) in [6.07, 6.45) is 5.70. The SMILES string of the molecule is O=C(O)[C@@H]1CC[C@@H]2CCCC[C@H]2[C@@H]1O. The lowest BCUT2D eigenvalue weighted by atomic mass is 9.66. The Morgan fingerprint density at radius 3 is 2.50 bits per heavy atom. The van der Waals surface area contributed by atoms with Gasteiger partial charge in [0.25, 0.3) is 0 Å². The molecule has 80 valence electrons. The summed E-state index contributed by atoms with van der Waals surface area (Å²) in [7, 11) is 0. The van der Waals surface area contributed by atoms with Crippen molar-refractivity contribution in [1.82, 2.24) is 0 Å². The Bertz CT molecular complexity index is 227. The molecule has 14 heavy (non-hydrogen) atoms. The third-order valence-corrected chi connectivity index (χ3v) is 3.98. The fourth-order valence-corrected chi connectivity index (χ4v) is 3.18. The van der Waals surface area contributed by atoms with E-state index in [0.717, 1.165) is 19.3 Å². The van der Waals surface area contributed by atoms with Crippen LogP contribution in [0.1, 0.15) is 38.5 Å². The molecule has 2 aliphatic carbocycles. The van der Waals surface area contributed by atoms with Crippen molar-refractivity contribution >= 4 is 5.97 Å². The Morgan fingerprint density at radius 1 is 1.07 bits per heavy atom. The molecule has 0 radical (unpaired) electrons. The number of rotatable bonds is 1. The van der Waals surface area contributed by atoms with Crippen LogP contribution in [0.4, 0.5) is 0 Å². The second-order valence-electron chi connectivity index (χ2n) is 4.72. The number of carboxylic acid groups (broad SMARTS) is 1. The van der Waals surface area contributed by atoms with Gasteiger partial charge in [-0.15, -0.1) is 0 Å². The first-order chi connectivity index (χ1) is 6.70. The maximum atomic E-state index is 10.9. The molecule has 0 spiro atoms. The summed E-state index contributed by atoms with van der Waals surface area (Å²) in [5, 5.41) is 18.9. The van der Waals surface area contributed by atoms with E-state index in [0.29, 0.717) is 12.3 Å². The molecule has 0 aromatic carbocycles. The Balaban J connectivity index is 2.06. The molecule has 4 atom stereocenters. The first kappa shape index (κ1) is 9.97. The van der Waals surface area contributed by atoms with Crippen LogP contribution in [0, 0.1) is 17.8 Å². The molecule has 3 heteroatoms. The van der Waals surface area contributed by atoms with Gasteiger partial charge in [0.1, 0.15) is 0 Å². The third-order valence-electron chi connectivity index (χ3n) is 3.98. The van der Waals surface area contributed by atoms with Crippen molar-refractivity contribution in [2.24, 2.45) is 17.8 Å². The highest BCUT2D eigenvalue weighted by Gasteiger charge is 2.42. The van der Waals surface area contributed by atoms with Gasteiger partial charge in [-0.05, 0) is 31.1 Å². The van der Waals surface area contributed by atoms with Gasteiger partial charge >= 0.3 is 5.97 Å². The standard InChI is InChI=1S/C11H18O3/c12-10-8-4-2-1-3-7(8)5-6-9(10)11(13)14/h7-10,12H,1-6H2,(H,13,14)/t7-,8+,9+,10-/m0/s1. The van der Waals surface area contributed by atoms with Crippen LogP contribution < -0.4 is 0 Å². The topological polar surface area (TPSA) is 57.5 Å². The van der Waals surface area contributed by atoms with Crippen LogP contribution in [0.15, 0.2) is 0 Å². The van der Waals surface area contributed by atoms with Crippen LogP contribution in [0.3, 0.4) is 0 Å². The fraction of sp³-hybridized carbons (Fsp3) is 0.909. The molecule has 0 aliphatic heterocycles. The van der Waals surface area contributed by atoms with Crippen LogP contribution in [0.2, 0.25) is 0 Å². The maximum Gasteiger partial charge on any atom is 0.309 e. The summed E-state index contributed by atoms with van der Waals surface area (Å²) < 4.78 is 0. The van der Waals surface area contributed by atoms with Crippen molar-refractivity contribution in [2.45, 2.75) is 44.6 Å². The number of hydrogen-bond acceptors (Lipinski definition) is 2. The van der Waals surface area contributed by atoms with E-state index in [9.17, 15) is 9.90 Å².